The van der Waals surface area contributed by atoms with E-state index in [1.807, 2.05) is 31.3 Å². The fourth-order valence-corrected chi connectivity index (χ4v) is 2.08. The first-order valence-electron chi connectivity index (χ1n) is 6.49. The lowest BCUT2D eigenvalue weighted by Crippen LogP contribution is -2.45. The summed E-state index contributed by atoms with van der Waals surface area (Å²) in [5.74, 6) is 0. The Kier molecular flexibility index (Phi) is 4.20. The van der Waals surface area contributed by atoms with E-state index in [1.165, 1.54) is 6.42 Å². The van der Waals surface area contributed by atoms with Crippen LogP contribution in [0.1, 0.15) is 30.4 Å². The standard InChI is InChI=1S/C14H21N3O/c1-17(14(18)16-13-7-4-8-13)10-12-6-3-2-5-11(12)9-15/h2-3,5-6,13H,4,7-10,15H2,1H3,(H,16,18). The van der Waals surface area contributed by atoms with Gasteiger partial charge in [0.05, 0.1) is 0 Å². The lowest BCUT2D eigenvalue weighted by Gasteiger charge is -2.29. The molecule has 1 aliphatic carbocycles. The molecule has 2 amide bonds. The summed E-state index contributed by atoms with van der Waals surface area (Å²) >= 11 is 0. The van der Waals surface area contributed by atoms with Crippen molar-refractivity contribution in [3.63, 3.8) is 0 Å². The van der Waals surface area contributed by atoms with Crippen molar-refractivity contribution < 1.29 is 4.79 Å². The van der Waals surface area contributed by atoms with E-state index in [-0.39, 0.29) is 6.03 Å². The summed E-state index contributed by atoms with van der Waals surface area (Å²) in [5.41, 5.74) is 7.91. The Morgan fingerprint density at radius 3 is 2.61 bits per heavy atom. The van der Waals surface area contributed by atoms with Gasteiger partial charge in [0, 0.05) is 26.2 Å². The van der Waals surface area contributed by atoms with Crippen LogP contribution in [0.4, 0.5) is 4.79 Å². The van der Waals surface area contributed by atoms with E-state index in [0.29, 0.717) is 19.1 Å². The zero-order valence-corrected chi connectivity index (χ0v) is 10.9. The van der Waals surface area contributed by atoms with Crippen LogP contribution >= 0.6 is 0 Å². The molecule has 0 radical (unpaired) electrons. The molecule has 3 N–H and O–H groups in total. The third-order valence-corrected chi connectivity index (χ3v) is 3.53. The average molecular weight is 247 g/mol. The summed E-state index contributed by atoms with van der Waals surface area (Å²) in [6.45, 7) is 1.11. The summed E-state index contributed by atoms with van der Waals surface area (Å²) in [6.07, 6.45) is 3.45. The minimum Gasteiger partial charge on any atom is -0.335 e. The molecule has 1 fully saturated rings. The van der Waals surface area contributed by atoms with Gasteiger partial charge in [0.2, 0.25) is 0 Å². The minimum atomic E-state index is 0.00604. The Balaban J connectivity index is 1.92. The van der Waals surface area contributed by atoms with Gasteiger partial charge in [0.1, 0.15) is 0 Å². The molecular formula is C14H21N3O. The molecule has 0 aromatic heterocycles. The van der Waals surface area contributed by atoms with Gasteiger partial charge < -0.3 is 16.0 Å². The molecule has 0 unspecified atom stereocenters. The van der Waals surface area contributed by atoms with E-state index >= 15 is 0 Å². The smallest absolute Gasteiger partial charge is 0.317 e. The van der Waals surface area contributed by atoms with E-state index in [1.54, 1.807) is 4.90 Å². The molecule has 1 aliphatic rings. The largest absolute Gasteiger partial charge is 0.335 e. The zero-order valence-electron chi connectivity index (χ0n) is 10.9. The van der Waals surface area contributed by atoms with Crippen molar-refractivity contribution in [3.8, 4) is 0 Å². The Labute approximate surface area is 108 Å². The normalized spacial score (nSPS) is 15.0. The predicted molar refractivity (Wildman–Crippen MR) is 72.0 cm³/mol. The van der Waals surface area contributed by atoms with Crippen LogP contribution < -0.4 is 11.1 Å². The molecule has 1 aromatic carbocycles. The SMILES string of the molecule is CN(Cc1ccccc1CN)C(=O)NC1CCC1. The number of nitrogens with two attached hydrogens (primary N) is 1. The molecule has 4 heteroatoms. The van der Waals surface area contributed by atoms with E-state index in [0.717, 1.165) is 24.0 Å². The second kappa shape index (κ2) is 5.87. The Morgan fingerprint density at radius 1 is 1.39 bits per heavy atom. The Hall–Kier alpha value is -1.55. The highest BCUT2D eigenvalue weighted by molar-refractivity contribution is 5.74. The topological polar surface area (TPSA) is 58.4 Å². The molecular weight excluding hydrogens is 226 g/mol. The molecule has 1 aromatic rings. The molecule has 2 rings (SSSR count). The fraction of sp³-hybridized carbons (Fsp3) is 0.500. The molecule has 0 aliphatic heterocycles. The van der Waals surface area contributed by atoms with Crippen molar-refractivity contribution in [3.05, 3.63) is 35.4 Å². The van der Waals surface area contributed by atoms with Gasteiger partial charge in [-0.25, -0.2) is 4.79 Å². The van der Waals surface area contributed by atoms with Gasteiger partial charge in [-0.1, -0.05) is 24.3 Å². The highest BCUT2D eigenvalue weighted by atomic mass is 16.2. The van der Waals surface area contributed by atoms with Crippen molar-refractivity contribution in [2.75, 3.05) is 7.05 Å². The monoisotopic (exact) mass is 247 g/mol. The van der Waals surface area contributed by atoms with E-state index < -0.39 is 0 Å². The average Bonchev–Trinajstić information content (AvgIpc) is 2.34. The Bertz CT molecular complexity index is 415. The second-order valence-corrected chi connectivity index (χ2v) is 4.91. The summed E-state index contributed by atoms with van der Waals surface area (Å²) in [6, 6.07) is 8.37. The Morgan fingerprint density at radius 2 is 2.06 bits per heavy atom. The maximum Gasteiger partial charge on any atom is 0.317 e. The number of amides is 2. The van der Waals surface area contributed by atoms with Crippen LogP contribution in [0.3, 0.4) is 0 Å². The van der Waals surface area contributed by atoms with Gasteiger partial charge >= 0.3 is 6.03 Å². The highest BCUT2D eigenvalue weighted by Gasteiger charge is 2.21. The van der Waals surface area contributed by atoms with Crippen LogP contribution in [0.15, 0.2) is 24.3 Å². The minimum absolute atomic E-state index is 0.00604. The molecule has 0 atom stereocenters. The van der Waals surface area contributed by atoms with Crippen molar-refractivity contribution in [1.29, 1.82) is 0 Å². The molecule has 0 heterocycles. The molecule has 0 bridgehead atoms. The lowest BCUT2D eigenvalue weighted by molar-refractivity contribution is 0.194. The van der Waals surface area contributed by atoms with Crippen LogP contribution in [0.5, 0.6) is 0 Å². The second-order valence-electron chi connectivity index (χ2n) is 4.91. The number of carbonyl (C=O) groups excluding carboxylic acids is 1. The van der Waals surface area contributed by atoms with Crippen LogP contribution in [-0.4, -0.2) is 24.0 Å². The summed E-state index contributed by atoms with van der Waals surface area (Å²) < 4.78 is 0. The van der Waals surface area contributed by atoms with E-state index in [9.17, 15) is 4.79 Å². The number of benzene rings is 1. The van der Waals surface area contributed by atoms with E-state index in [2.05, 4.69) is 5.32 Å². The number of hydrogen-bond donors (Lipinski definition) is 2. The molecule has 1 saturated carbocycles. The maximum absolute atomic E-state index is 11.9. The van der Waals surface area contributed by atoms with Gasteiger partial charge in [0.25, 0.3) is 0 Å². The summed E-state index contributed by atoms with van der Waals surface area (Å²) in [4.78, 5) is 13.6. The quantitative estimate of drug-likeness (QED) is 0.853. The van der Waals surface area contributed by atoms with Gasteiger partial charge in [-0.15, -0.1) is 0 Å². The summed E-state index contributed by atoms with van der Waals surface area (Å²) in [5, 5.41) is 3.03. The van der Waals surface area contributed by atoms with Crippen molar-refractivity contribution in [2.45, 2.75) is 38.4 Å². The third kappa shape index (κ3) is 3.01. The summed E-state index contributed by atoms with van der Waals surface area (Å²) in [7, 11) is 1.82. The van der Waals surface area contributed by atoms with Crippen molar-refractivity contribution in [2.24, 2.45) is 5.73 Å². The third-order valence-electron chi connectivity index (χ3n) is 3.53. The number of nitrogens with one attached hydrogen (secondary N) is 1. The number of hydrogen-bond acceptors (Lipinski definition) is 2. The lowest BCUT2D eigenvalue weighted by atomic mass is 9.93. The van der Waals surface area contributed by atoms with Crippen LogP contribution in [0, 0.1) is 0 Å². The first kappa shape index (κ1) is 12.9. The first-order valence-corrected chi connectivity index (χ1v) is 6.49. The molecule has 0 spiro atoms. The number of urea groups is 1. The maximum atomic E-state index is 11.9. The predicted octanol–water partition coefficient (Wildman–Crippen LogP) is 1.84. The van der Waals surface area contributed by atoms with Crippen molar-refractivity contribution >= 4 is 6.03 Å². The number of nitrogens with zero attached hydrogens (tertiary/aromatic N) is 1. The molecule has 18 heavy (non-hydrogen) atoms. The van der Waals surface area contributed by atoms with Crippen LogP contribution in [0.25, 0.3) is 0 Å². The fourth-order valence-electron chi connectivity index (χ4n) is 2.08. The van der Waals surface area contributed by atoms with Gasteiger partial charge in [0.15, 0.2) is 0 Å². The van der Waals surface area contributed by atoms with E-state index in [4.69, 9.17) is 5.73 Å². The van der Waals surface area contributed by atoms with Crippen molar-refractivity contribution in [1.82, 2.24) is 10.2 Å². The van der Waals surface area contributed by atoms with Gasteiger partial charge in [-0.2, -0.15) is 0 Å². The van der Waals surface area contributed by atoms with Crippen LogP contribution in [0.2, 0.25) is 0 Å². The first-order chi connectivity index (χ1) is 8.70. The van der Waals surface area contributed by atoms with Crippen LogP contribution in [-0.2, 0) is 13.1 Å². The number of rotatable bonds is 4. The molecule has 4 nitrogen and oxygen atoms in total. The van der Waals surface area contributed by atoms with Gasteiger partial charge in [-0.05, 0) is 30.4 Å². The number of carbonyl (C=O) groups is 1. The zero-order chi connectivity index (χ0) is 13.0. The van der Waals surface area contributed by atoms with Gasteiger partial charge in [-0.3, -0.25) is 0 Å². The highest BCUT2D eigenvalue weighted by Crippen LogP contribution is 2.18. The molecule has 0 saturated heterocycles. The molecule has 98 valence electrons.